The predicted molar refractivity (Wildman–Crippen MR) is 87.5 cm³/mol. The molecule has 2 bridgehead atoms. The van der Waals surface area contributed by atoms with Crippen molar-refractivity contribution in [2.24, 2.45) is 23.5 Å². The van der Waals surface area contributed by atoms with Crippen LogP contribution in [0.15, 0.2) is 21.1 Å². The fourth-order valence-electron chi connectivity index (χ4n) is 3.75. The van der Waals surface area contributed by atoms with Crippen LogP contribution >= 0.6 is 31.9 Å². The van der Waals surface area contributed by atoms with Crippen LogP contribution in [0.25, 0.3) is 0 Å². The van der Waals surface area contributed by atoms with Crippen molar-refractivity contribution in [2.75, 3.05) is 5.32 Å². The van der Waals surface area contributed by atoms with E-state index in [0.29, 0.717) is 11.8 Å². The zero-order chi connectivity index (χ0) is 14.4. The molecule has 4 unspecified atom stereocenters. The van der Waals surface area contributed by atoms with Crippen LogP contribution in [0.1, 0.15) is 24.8 Å². The maximum Gasteiger partial charge on any atom is 0.229 e. The predicted octanol–water partition coefficient (Wildman–Crippen LogP) is 3.83. The first kappa shape index (κ1) is 14.5. The van der Waals surface area contributed by atoms with Gasteiger partial charge < -0.3 is 11.1 Å². The average molecular weight is 402 g/mol. The summed E-state index contributed by atoms with van der Waals surface area (Å²) < 4.78 is 1.80. The van der Waals surface area contributed by atoms with Crippen LogP contribution in [0.4, 0.5) is 5.69 Å². The van der Waals surface area contributed by atoms with E-state index in [2.05, 4.69) is 37.2 Å². The van der Waals surface area contributed by atoms with Gasteiger partial charge in [0.2, 0.25) is 5.91 Å². The van der Waals surface area contributed by atoms with E-state index in [1.165, 1.54) is 6.42 Å². The number of anilines is 1. The normalized spacial score (nSPS) is 31.6. The summed E-state index contributed by atoms with van der Waals surface area (Å²) in [5.74, 6) is 1.04. The molecule has 1 amide bonds. The Morgan fingerprint density at radius 3 is 2.40 bits per heavy atom. The first-order chi connectivity index (χ1) is 9.47. The van der Waals surface area contributed by atoms with Crippen LogP contribution in [-0.4, -0.2) is 11.9 Å². The zero-order valence-corrected chi connectivity index (χ0v) is 14.5. The van der Waals surface area contributed by atoms with E-state index >= 15 is 0 Å². The number of rotatable bonds is 2. The highest BCUT2D eigenvalue weighted by atomic mass is 79.9. The molecule has 0 aromatic heterocycles. The third-order valence-corrected chi connectivity index (χ3v) is 5.97. The summed E-state index contributed by atoms with van der Waals surface area (Å²) in [5, 5.41) is 3.05. The molecule has 3 nitrogen and oxygen atoms in total. The van der Waals surface area contributed by atoms with Crippen molar-refractivity contribution >= 4 is 43.5 Å². The zero-order valence-electron chi connectivity index (χ0n) is 11.3. The Kier molecular flexibility index (Phi) is 3.95. The Bertz CT molecular complexity index is 536. The fraction of sp³-hybridized carbons (Fsp3) is 0.533. The number of aryl methyl sites for hydroxylation is 1. The summed E-state index contributed by atoms with van der Waals surface area (Å²) in [7, 11) is 0. The Balaban J connectivity index is 1.80. The number of nitrogens with two attached hydrogens (primary N) is 1. The average Bonchev–Trinajstić information content (AvgIpc) is 2.94. The number of halogens is 2. The molecule has 0 saturated heterocycles. The van der Waals surface area contributed by atoms with Gasteiger partial charge in [-0.1, -0.05) is 0 Å². The van der Waals surface area contributed by atoms with Crippen molar-refractivity contribution in [1.29, 1.82) is 0 Å². The molecule has 20 heavy (non-hydrogen) atoms. The molecule has 0 radical (unpaired) electrons. The summed E-state index contributed by atoms with van der Waals surface area (Å²) in [6, 6.07) is 4.03. The Morgan fingerprint density at radius 1 is 1.25 bits per heavy atom. The molecule has 0 heterocycles. The lowest BCUT2D eigenvalue weighted by molar-refractivity contribution is -0.121. The summed E-state index contributed by atoms with van der Waals surface area (Å²) in [4.78, 5) is 12.6. The monoisotopic (exact) mass is 400 g/mol. The van der Waals surface area contributed by atoms with Gasteiger partial charge in [-0.3, -0.25) is 4.79 Å². The SMILES string of the molecule is Cc1cc(Br)c(NC(=O)C2C3CCC(C3)C2N)c(Br)c1. The minimum Gasteiger partial charge on any atom is -0.327 e. The third-order valence-electron chi connectivity index (χ3n) is 4.72. The van der Waals surface area contributed by atoms with E-state index in [1.807, 2.05) is 19.1 Å². The van der Waals surface area contributed by atoms with Crippen molar-refractivity contribution in [2.45, 2.75) is 32.2 Å². The van der Waals surface area contributed by atoms with Crippen LogP contribution in [0.5, 0.6) is 0 Å². The maximum absolute atomic E-state index is 12.6. The number of carbonyl (C=O) groups excluding carboxylic acids is 1. The van der Waals surface area contributed by atoms with Crippen molar-refractivity contribution in [3.8, 4) is 0 Å². The molecule has 3 rings (SSSR count). The minimum absolute atomic E-state index is 0.0248. The number of hydrogen-bond donors (Lipinski definition) is 2. The summed E-state index contributed by atoms with van der Waals surface area (Å²) in [6.07, 6.45) is 3.45. The van der Waals surface area contributed by atoms with E-state index in [9.17, 15) is 4.79 Å². The topological polar surface area (TPSA) is 55.1 Å². The molecular formula is C15H18Br2N2O. The van der Waals surface area contributed by atoms with Crippen LogP contribution in [0, 0.1) is 24.7 Å². The molecule has 5 heteroatoms. The molecule has 1 aromatic carbocycles. The van der Waals surface area contributed by atoms with Crippen LogP contribution < -0.4 is 11.1 Å². The molecule has 3 N–H and O–H groups in total. The number of fused-ring (bicyclic) bond motifs is 2. The molecule has 108 valence electrons. The van der Waals surface area contributed by atoms with Crippen molar-refractivity contribution < 1.29 is 4.79 Å². The van der Waals surface area contributed by atoms with Gasteiger partial charge in [0.15, 0.2) is 0 Å². The minimum atomic E-state index is -0.0335. The van der Waals surface area contributed by atoms with Gasteiger partial charge in [-0.25, -0.2) is 0 Å². The highest BCUT2D eigenvalue weighted by Crippen LogP contribution is 2.48. The number of carbonyl (C=O) groups is 1. The fourth-order valence-corrected chi connectivity index (χ4v) is 5.36. The Morgan fingerprint density at radius 2 is 1.85 bits per heavy atom. The first-order valence-corrected chi connectivity index (χ1v) is 8.58. The van der Waals surface area contributed by atoms with Gasteiger partial charge in [0.25, 0.3) is 0 Å². The number of nitrogens with one attached hydrogen (secondary N) is 1. The van der Waals surface area contributed by atoms with Crippen molar-refractivity contribution in [3.63, 3.8) is 0 Å². The summed E-state index contributed by atoms with van der Waals surface area (Å²) in [5.41, 5.74) is 8.17. The molecule has 1 aromatic rings. The summed E-state index contributed by atoms with van der Waals surface area (Å²) >= 11 is 7.03. The van der Waals surface area contributed by atoms with Crippen LogP contribution in [0.2, 0.25) is 0 Å². The molecule has 2 aliphatic rings. The van der Waals surface area contributed by atoms with E-state index in [0.717, 1.165) is 33.0 Å². The second kappa shape index (κ2) is 5.43. The van der Waals surface area contributed by atoms with E-state index < -0.39 is 0 Å². The van der Waals surface area contributed by atoms with Gasteiger partial charge in [0.1, 0.15) is 0 Å². The molecule has 2 aliphatic carbocycles. The van der Waals surface area contributed by atoms with Gasteiger partial charge >= 0.3 is 0 Å². The molecule has 0 aliphatic heterocycles. The van der Waals surface area contributed by atoms with Gasteiger partial charge in [0.05, 0.1) is 11.6 Å². The second-order valence-corrected chi connectivity index (χ2v) is 7.74. The quantitative estimate of drug-likeness (QED) is 0.790. The van der Waals surface area contributed by atoms with Crippen molar-refractivity contribution in [1.82, 2.24) is 0 Å². The first-order valence-electron chi connectivity index (χ1n) is 6.99. The highest BCUT2D eigenvalue weighted by molar-refractivity contribution is 9.11. The number of amides is 1. The van der Waals surface area contributed by atoms with Crippen molar-refractivity contribution in [3.05, 3.63) is 26.6 Å². The smallest absolute Gasteiger partial charge is 0.229 e. The second-order valence-electron chi connectivity index (χ2n) is 6.03. The van der Waals surface area contributed by atoms with E-state index in [1.54, 1.807) is 0 Å². The highest BCUT2D eigenvalue weighted by Gasteiger charge is 2.49. The van der Waals surface area contributed by atoms with Gasteiger partial charge in [-0.2, -0.15) is 0 Å². The molecule has 4 atom stereocenters. The number of benzene rings is 1. The van der Waals surface area contributed by atoms with Gasteiger partial charge in [0, 0.05) is 15.0 Å². The third kappa shape index (κ3) is 2.44. The summed E-state index contributed by atoms with van der Waals surface area (Å²) in [6.45, 7) is 2.02. The van der Waals surface area contributed by atoms with Gasteiger partial charge in [-0.15, -0.1) is 0 Å². The van der Waals surface area contributed by atoms with E-state index in [-0.39, 0.29) is 17.9 Å². The van der Waals surface area contributed by atoms with Crippen LogP contribution in [0.3, 0.4) is 0 Å². The standard InChI is InChI=1S/C15H18Br2N2O/c1-7-4-10(16)14(11(17)5-7)19-15(20)12-8-2-3-9(6-8)13(12)18/h4-5,8-9,12-13H,2-3,6,18H2,1H3,(H,19,20). The molecular weight excluding hydrogens is 384 g/mol. The molecule has 2 saturated carbocycles. The van der Waals surface area contributed by atoms with E-state index in [4.69, 9.17) is 5.73 Å². The molecule has 0 spiro atoms. The lowest BCUT2D eigenvalue weighted by atomic mass is 9.84. The largest absolute Gasteiger partial charge is 0.327 e. The lowest BCUT2D eigenvalue weighted by Gasteiger charge is -2.27. The molecule has 2 fully saturated rings. The number of hydrogen-bond acceptors (Lipinski definition) is 2. The maximum atomic E-state index is 12.6. The van der Waals surface area contributed by atoms with Gasteiger partial charge in [-0.05, 0) is 87.6 Å². The Labute approximate surface area is 135 Å². The lowest BCUT2D eigenvalue weighted by Crippen LogP contribution is -2.42. The van der Waals surface area contributed by atoms with Crippen LogP contribution in [-0.2, 0) is 4.79 Å². The Hall–Kier alpha value is -0.390.